The molecule has 3 nitrogen and oxygen atoms in total. The van der Waals surface area contributed by atoms with Crippen molar-refractivity contribution in [3.8, 4) is 0 Å². The minimum Gasteiger partial charge on any atom is -0.486 e. The molecule has 2 unspecified atom stereocenters. The number of hydrogen-bond acceptors (Lipinski definition) is 2. The number of aliphatic carboxylic acids is 1. The quantitative estimate of drug-likeness (QED) is 0.621. The zero-order chi connectivity index (χ0) is 8.43. The Morgan fingerprint density at radius 1 is 1.73 bits per heavy atom. The van der Waals surface area contributed by atoms with Gasteiger partial charge in [0.25, 0.3) is 0 Å². The van der Waals surface area contributed by atoms with Crippen molar-refractivity contribution in [1.82, 2.24) is 0 Å². The van der Waals surface area contributed by atoms with E-state index in [9.17, 15) is 4.79 Å². The Morgan fingerprint density at radius 2 is 2.36 bits per heavy atom. The third-order valence-corrected chi connectivity index (χ3v) is 2.02. The molecule has 1 N–H and O–H groups in total. The van der Waals surface area contributed by atoms with Crippen LogP contribution in [0.15, 0.2) is 11.8 Å². The van der Waals surface area contributed by atoms with E-state index in [1.165, 1.54) is 0 Å². The smallest absolute Gasteiger partial charge is 0.370 e. The van der Waals surface area contributed by atoms with Crippen LogP contribution in [0.2, 0.25) is 0 Å². The maximum atomic E-state index is 10.4. The van der Waals surface area contributed by atoms with Crippen molar-refractivity contribution in [3.05, 3.63) is 11.8 Å². The molecule has 0 bridgehead atoms. The molecule has 2 atom stereocenters. The molecule has 0 saturated heterocycles. The highest BCUT2D eigenvalue weighted by molar-refractivity contribution is 5.84. The molecule has 62 valence electrons. The summed E-state index contributed by atoms with van der Waals surface area (Å²) in [6.45, 7) is 4.55. The summed E-state index contributed by atoms with van der Waals surface area (Å²) < 4.78 is 4.98. The van der Waals surface area contributed by atoms with Crippen molar-refractivity contribution in [1.29, 1.82) is 0 Å². The van der Waals surface area contributed by atoms with Crippen LogP contribution in [0.1, 0.15) is 13.8 Å². The van der Waals surface area contributed by atoms with Crippen molar-refractivity contribution in [2.24, 2.45) is 11.8 Å². The molecule has 0 aromatic carbocycles. The highest BCUT2D eigenvalue weighted by Gasteiger charge is 2.21. The molecule has 0 spiro atoms. The van der Waals surface area contributed by atoms with Crippen LogP contribution >= 0.6 is 0 Å². The summed E-state index contributed by atoms with van der Waals surface area (Å²) in [6, 6.07) is 0. The first-order chi connectivity index (χ1) is 5.11. The van der Waals surface area contributed by atoms with Crippen LogP contribution in [0.5, 0.6) is 0 Å². The molecule has 1 aliphatic rings. The minimum atomic E-state index is -0.969. The van der Waals surface area contributed by atoms with E-state index in [1.807, 2.05) is 13.8 Å². The maximum Gasteiger partial charge on any atom is 0.370 e. The van der Waals surface area contributed by atoms with E-state index in [0.29, 0.717) is 18.4 Å². The van der Waals surface area contributed by atoms with Gasteiger partial charge in [-0.3, -0.25) is 0 Å². The fourth-order valence-corrected chi connectivity index (χ4v) is 0.957. The lowest BCUT2D eigenvalue weighted by molar-refractivity contribution is -0.137. The average molecular weight is 156 g/mol. The highest BCUT2D eigenvalue weighted by Crippen LogP contribution is 2.21. The largest absolute Gasteiger partial charge is 0.486 e. The summed E-state index contributed by atoms with van der Waals surface area (Å²) in [7, 11) is 0. The normalized spacial score (nSPS) is 30.5. The van der Waals surface area contributed by atoms with Crippen molar-refractivity contribution >= 4 is 5.97 Å². The molecule has 0 aliphatic carbocycles. The fourth-order valence-electron chi connectivity index (χ4n) is 0.957. The molecule has 11 heavy (non-hydrogen) atoms. The first kappa shape index (κ1) is 8.11. The molecule has 0 aromatic heterocycles. The van der Waals surface area contributed by atoms with Gasteiger partial charge in [-0.05, 0) is 17.9 Å². The monoisotopic (exact) mass is 156 g/mol. The number of hydrogen-bond donors (Lipinski definition) is 1. The van der Waals surface area contributed by atoms with E-state index in [2.05, 4.69) is 0 Å². The molecule has 1 aliphatic heterocycles. The first-order valence-electron chi connectivity index (χ1n) is 3.69. The van der Waals surface area contributed by atoms with Crippen LogP contribution in [0.4, 0.5) is 0 Å². The van der Waals surface area contributed by atoms with E-state index in [-0.39, 0.29) is 5.76 Å². The Morgan fingerprint density at radius 3 is 2.82 bits per heavy atom. The Labute approximate surface area is 65.7 Å². The van der Waals surface area contributed by atoms with Crippen LogP contribution in [0.3, 0.4) is 0 Å². The summed E-state index contributed by atoms with van der Waals surface area (Å²) in [5.74, 6) is -0.160. The van der Waals surface area contributed by atoms with Crippen molar-refractivity contribution in [2.75, 3.05) is 6.61 Å². The van der Waals surface area contributed by atoms with Gasteiger partial charge in [-0.15, -0.1) is 0 Å². The molecule has 0 amide bonds. The standard InChI is InChI=1S/C8H12O3/c1-5-3-7(8(9)10)11-4-6(5)2/h3,5-6H,4H2,1-2H3,(H,9,10). The zero-order valence-corrected chi connectivity index (χ0v) is 6.70. The molecule has 0 fully saturated rings. The third-order valence-electron chi connectivity index (χ3n) is 2.02. The second kappa shape index (κ2) is 2.95. The number of carboxylic acids is 1. The van der Waals surface area contributed by atoms with Gasteiger partial charge in [0.1, 0.15) is 0 Å². The van der Waals surface area contributed by atoms with E-state index >= 15 is 0 Å². The average Bonchev–Trinajstić information content (AvgIpc) is 1.94. The molecule has 1 rings (SSSR count). The molecule has 3 heteroatoms. The fraction of sp³-hybridized carbons (Fsp3) is 0.625. The molecule has 1 heterocycles. The van der Waals surface area contributed by atoms with Crippen LogP contribution in [0, 0.1) is 11.8 Å². The lowest BCUT2D eigenvalue weighted by Gasteiger charge is -2.23. The van der Waals surface area contributed by atoms with E-state index in [4.69, 9.17) is 9.84 Å². The van der Waals surface area contributed by atoms with Gasteiger partial charge in [-0.1, -0.05) is 13.8 Å². The number of carbonyl (C=O) groups is 1. The highest BCUT2D eigenvalue weighted by atomic mass is 16.5. The second-order valence-electron chi connectivity index (χ2n) is 2.98. The minimum absolute atomic E-state index is 0.0931. The molecular weight excluding hydrogens is 144 g/mol. The molecule has 0 radical (unpaired) electrons. The van der Waals surface area contributed by atoms with Crippen LogP contribution in [-0.4, -0.2) is 17.7 Å². The summed E-state index contributed by atoms with van der Waals surface area (Å²) in [5, 5.41) is 8.55. The Hall–Kier alpha value is -0.990. The summed E-state index contributed by atoms with van der Waals surface area (Å²) in [4.78, 5) is 10.4. The molecule has 0 saturated carbocycles. The lowest BCUT2D eigenvalue weighted by Crippen LogP contribution is -2.22. The zero-order valence-electron chi connectivity index (χ0n) is 6.70. The molecular formula is C8H12O3. The first-order valence-corrected chi connectivity index (χ1v) is 3.69. The van der Waals surface area contributed by atoms with Gasteiger partial charge in [0, 0.05) is 0 Å². The van der Waals surface area contributed by atoms with E-state index in [0.717, 1.165) is 0 Å². The van der Waals surface area contributed by atoms with Crippen LogP contribution in [0.25, 0.3) is 0 Å². The second-order valence-corrected chi connectivity index (χ2v) is 2.98. The number of carboxylic acid groups (broad SMARTS) is 1. The summed E-state index contributed by atoms with van der Waals surface area (Å²) in [5.41, 5.74) is 0. The van der Waals surface area contributed by atoms with E-state index in [1.54, 1.807) is 6.08 Å². The third kappa shape index (κ3) is 1.73. The van der Waals surface area contributed by atoms with Crippen molar-refractivity contribution in [3.63, 3.8) is 0 Å². The lowest BCUT2D eigenvalue weighted by atomic mass is 9.94. The Bertz CT molecular complexity index is 196. The summed E-state index contributed by atoms with van der Waals surface area (Å²) in [6.07, 6.45) is 1.66. The van der Waals surface area contributed by atoms with E-state index < -0.39 is 5.97 Å². The Balaban J connectivity index is 2.71. The van der Waals surface area contributed by atoms with Crippen molar-refractivity contribution < 1.29 is 14.6 Å². The number of allylic oxidation sites excluding steroid dienone is 1. The maximum absolute atomic E-state index is 10.4. The van der Waals surface area contributed by atoms with Gasteiger partial charge in [-0.2, -0.15) is 0 Å². The van der Waals surface area contributed by atoms with Gasteiger partial charge in [-0.25, -0.2) is 4.79 Å². The number of rotatable bonds is 1. The van der Waals surface area contributed by atoms with Crippen molar-refractivity contribution in [2.45, 2.75) is 13.8 Å². The SMILES string of the molecule is CC1C=C(C(=O)O)OCC1C. The van der Waals surface area contributed by atoms with Gasteiger partial charge in [0.05, 0.1) is 6.61 Å². The number of ether oxygens (including phenoxy) is 1. The van der Waals surface area contributed by atoms with Gasteiger partial charge < -0.3 is 9.84 Å². The van der Waals surface area contributed by atoms with Gasteiger partial charge in [0.2, 0.25) is 5.76 Å². The van der Waals surface area contributed by atoms with Gasteiger partial charge >= 0.3 is 5.97 Å². The predicted octanol–water partition coefficient (Wildman–Crippen LogP) is 1.26. The van der Waals surface area contributed by atoms with Crippen LogP contribution in [-0.2, 0) is 9.53 Å². The van der Waals surface area contributed by atoms with Crippen LogP contribution < -0.4 is 0 Å². The predicted molar refractivity (Wildman–Crippen MR) is 40.0 cm³/mol. The summed E-state index contributed by atoms with van der Waals surface area (Å²) >= 11 is 0. The molecule has 0 aromatic rings. The topological polar surface area (TPSA) is 46.5 Å². The van der Waals surface area contributed by atoms with Gasteiger partial charge in [0.15, 0.2) is 0 Å². The Kier molecular flexibility index (Phi) is 2.17.